The van der Waals surface area contributed by atoms with E-state index in [1.807, 2.05) is 56.5 Å². The van der Waals surface area contributed by atoms with Crippen LogP contribution in [0, 0.1) is 11.3 Å². The normalized spacial score (nSPS) is 12.8. The van der Waals surface area contributed by atoms with Crippen LogP contribution in [0.25, 0.3) is 0 Å². The number of ether oxygens (including phenoxy) is 2. The van der Waals surface area contributed by atoms with E-state index in [0.717, 1.165) is 5.56 Å². The van der Waals surface area contributed by atoms with Crippen LogP contribution < -0.4 is 5.32 Å². The molecule has 23 heavy (non-hydrogen) atoms. The summed E-state index contributed by atoms with van der Waals surface area (Å²) in [5, 5.41) is 13.0. The van der Waals surface area contributed by atoms with Gasteiger partial charge in [0.05, 0.1) is 11.6 Å². The molecule has 1 N–H and O–H groups in total. The molecule has 1 aromatic carbocycles. The van der Waals surface area contributed by atoms with Crippen LogP contribution in [0.15, 0.2) is 40.9 Å². The monoisotopic (exact) mass is 334 g/mol. The number of nitriles is 1. The Morgan fingerprint density at radius 2 is 2.04 bits per heavy atom. The summed E-state index contributed by atoms with van der Waals surface area (Å²) in [6, 6.07) is 11.7. The van der Waals surface area contributed by atoms with Gasteiger partial charge >= 0.3 is 5.97 Å². The van der Waals surface area contributed by atoms with Crippen molar-refractivity contribution in [1.82, 2.24) is 5.32 Å². The molecular formula is C17H22N2O3S. The number of benzene rings is 1. The fourth-order valence-electron chi connectivity index (χ4n) is 1.85. The minimum atomic E-state index is -0.635. The zero-order valence-corrected chi connectivity index (χ0v) is 14.5. The molecule has 0 aliphatic rings. The average molecular weight is 334 g/mol. The van der Waals surface area contributed by atoms with Crippen molar-refractivity contribution in [2.45, 2.75) is 19.9 Å². The second-order valence-corrected chi connectivity index (χ2v) is 5.45. The average Bonchev–Trinajstić information content (AvgIpc) is 2.59. The molecular weight excluding hydrogens is 312 g/mol. The SMILES string of the molecule is CCOCCOC(=O)/C(C#N)=C(\NC(C)c1ccccc1)SC. The maximum atomic E-state index is 12.0. The first kappa shape index (κ1) is 19.1. The summed E-state index contributed by atoms with van der Waals surface area (Å²) >= 11 is 1.31. The molecule has 0 spiro atoms. The second-order valence-electron chi connectivity index (χ2n) is 4.63. The molecule has 6 heteroatoms. The number of nitrogens with one attached hydrogen (secondary N) is 1. The van der Waals surface area contributed by atoms with E-state index < -0.39 is 5.97 Å². The highest BCUT2D eigenvalue weighted by atomic mass is 32.2. The molecule has 124 valence electrons. The van der Waals surface area contributed by atoms with Gasteiger partial charge < -0.3 is 14.8 Å². The molecule has 0 aliphatic heterocycles. The van der Waals surface area contributed by atoms with Gasteiger partial charge in [0.1, 0.15) is 12.7 Å². The Bertz CT molecular complexity index is 567. The van der Waals surface area contributed by atoms with Gasteiger partial charge in [0.15, 0.2) is 5.57 Å². The molecule has 1 rings (SSSR count). The predicted octanol–water partition coefficient (Wildman–Crippen LogP) is 3.02. The fraction of sp³-hybridized carbons (Fsp3) is 0.412. The van der Waals surface area contributed by atoms with Gasteiger partial charge in [-0.05, 0) is 25.7 Å². The predicted molar refractivity (Wildman–Crippen MR) is 91.6 cm³/mol. The van der Waals surface area contributed by atoms with Crippen molar-refractivity contribution >= 4 is 17.7 Å². The molecule has 1 unspecified atom stereocenters. The first-order valence-electron chi connectivity index (χ1n) is 7.38. The quantitative estimate of drug-likeness (QED) is 0.324. The van der Waals surface area contributed by atoms with Crippen molar-refractivity contribution in [3.63, 3.8) is 0 Å². The van der Waals surface area contributed by atoms with Crippen molar-refractivity contribution < 1.29 is 14.3 Å². The van der Waals surface area contributed by atoms with Crippen LogP contribution in [0.3, 0.4) is 0 Å². The number of hydrogen-bond acceptors (Lipinski definition) is 6. The van der Waals surface area contributed by atoms with Gasteiger partial charge in [-0.1, -0.05) is 30.3 Å². The number of thioether (sulfide) groups is 1. The third-order valence-corrected chi connectivity index (χ3v) is 3.79. The Morgan fingerprint density at radius 3 is 2.61 bits per heavy atom. The Balaban J connectivity index is 2.78. The summed E-state index contributed by atoms with van der Waals surface area (Å²) in [6.07, 6.45) is 1.81. The summed E-state index contributed by atoms with van der Waals surface area (Å²) in [7, 11) is 0. The summed E-state index contributed by atoms with van der Waals surface area (Å²) < 4.78 is 10.2. The molecule has 1 atom stereocenters. The minimum absolute atomic E-state index is 0.0169. The summed E-state index contributed by atoms with van der Waals surface area (Å²) in [6.45, 7) is 4.85. The fourth-order valence-corrected chi connectivity index (χ4v) is 2.48. The highest BCUT2D eigenvalue weighted by Gasteiger charge is 2.18. The zero-order chi connectivity index (χ0) is 17.1. The molecule has 1 aromatic rings. The molecule has 0 fully saturated rings. The first-order chi connectivity index (χ1) is 11.1. The molecule has 0 bridgehead atoms. The molecule has 0 aliphatic carbocycles. The lowest BCUT2D eigenvalue weighted by Gasteiger charge is -2.18. The van der Waals surface area contributed by atoms with Crippen LogP contribution in [0.5, 0.6) is 0 Å². The summed E-state index contributed by atoms with van der Waals surface area (Å²) in [5.41, 5.74) is 1.05. The highest BCUT2D eigenvalue weighted by Crippen LogP contribution is 2.21. The van der Waals surface area contributed by atoms with Gasteiger partial charge in [-0.25, -0.2) is 4.79 Å². The van der Waals surface area contributed by atoms with Crippen LogP contribution in [0.2, 0.25) is 0 Å². The Morgan fingerprint density at radius 1 is 1.35 bits per heavy atom. The smallest absolute Gasteiger partial charge is 0.351 e. The third-order valence-electron chi connectivity index (χ3n) is 3.06. The van der Waals surface area contributed by atoms with Crippen LogP contribution in [0.4, 0.5) is 0 Å². The summed E-state index contributed by atoms with van der Waals surface area (Å²) in [4.78, 5) is 12.0. The van der Waals surface area contributed by atoms with E-state index in [9.17, 15) is 10.1 Å². The van der Waals surface area contributed by atoms with Crippen molar-refractivity contribution in [2.24, 2.45) is 0 Å². The molecule has 0 aromatic heterocycles. The number of hydrogen-bond donors (Lipinski definition) is 1. The van der Waals surface area contributed by atoms with E-state index in [0.29, 0.717) is 18.2 Å². The van der Waals surface area contributed by atoms with E-state index in [1.54, 1.807) is 0 Å². The van der Waals surface area contributed by atoms with Crippen molar-refractivity contribution in [3.05, 3.63) is 46.5 Å². The van der Waals surface area contributed by atoms with Gasteiger partial charge in [0.2, 0.25) is 0 Å². The number of esters is 1. The van der Waals surface area contributed by atoms with Crippen LogP contribution in [-0.4, -0.2) is 32.0 Å². The first-order valence-corrected chi connectivity index (χ1v) is 8.61. The molecule has 0 radical (unpaired) electrons. The van der Waals surface area contributed by atoms with Gasteiger partial charge in [0, 0.05) is 12.6 Å². The molecule has 0 amide bonds. The van der Waals surface area contributed by atoms with Crippen LogP contribution in [0.1, 0.15) is 25.5 Å². The van der Waals surface area contributed by atoms with E-state index in [1.165, 1.54) is 11.8 Å². The third kappa shape index (κ3) is 6.35. The maximum Gasteiger partial charge on any atom is 0.351 e. The molecule has 0 heterocycles. The highest BCUT2D eigenvalue weighted by molar-refractivity contribution is 8.02. The van der Waals surface area contributed by atoms with E-state index >= 15 is 0 Å². The number of carbonyl (C=O) groups is 1. The van der Waals surface area contributed by atoms with Gasteiger partial charge in [-0.3, -0.25) is 0 Å². The Hall–Kier alpha value is -1.97. The second kappa shape index (κ2) is 10.7. The number of rotatable bonds is 9. The van der Waals surface area contributed by atoms with E-state index in [-0.39, 0.29) is 18.2 Å². The summed E-state index contributed by atoms with van der Waals surface area (Å²) in [5.74, 6) is -0.635. The molecule has 0 saturated carbocycles. The standard InChI is InChI=1S/C17H22N2O3S/c1-4-21-10-11-22-17(20)15(12-18)16(23-3)19-13(2)14-8-6-5-7-9-14/h5-9,13,19H,4,10-11H2,1-3H3/b16-15+. The van der Waals surface area contributed by atoms with Crippen molar-refractivity contribution in [3.8, 4) is 6.07 Å². The zero-order valence-electron chi connectivity index (χ0n) is 13.7. The number of nitrogens with zero attached hydrogens (tertiary/aromatic N) is 1. The Labute approximate surface area is 141 Å². The Kier molecular flexibility index (Phi) is 8.88. The topological polar surface area (TPSA) is 71.3 Å². The number of carbonyl (C=O) groups excluding carboxylic acids is 1. The van der Waals surface area contributed by atoms with Crippen molar-refractivity contribution in [1.29, 1.82) is 5.26 Å². The van der Waals surface area contributed by atoms with Crippen LogP contribution >= 0.6 is 11.8 Å². The van der Waals surface area contributed by atoms with Gasteiger partial charge in [-0.2, -0.15) is 5.26 Å². The van der Waals surface area contributed by atoms with Crippen molar-refractivity contribution in [2.75, 3.05) is 26.1 Å². The van der Waals surface area contributed by atoms with E-state index in [2.05, 4.69) is 5.32 Å². The molecule has 0 saturated heterocycles. The largest absolute Gasteiger partial charge is 0.459 e. The van der Waals surface area contributed by atoms with E-state index in [4.69, 9.17) is 9.47 Å². The lowest BCUT2D eigenvalue weighted by molar-refractivity contribution is -0.140. The maximum absolute atomic E-state index is 12.0. The molecule has 5 nitrogen and oxygen atoms in total. The van der Waals surface area contributed by atoms with Crippen LogP contribution in [-0.2, 0) is 14.3 Å². The minimum Gasteiger partial charge on any atom is -0.459 e. The van der Waals surface area contributed by atoms with Gasteiger partial charge in [0.25, 0.3) is 0 Å². The van der Waals surface area contributed by atoms with Gasteiger partial charge in [-0.15, -0.1) is 11.8 Å². The lowest BCUT2D eigenvalue weighted by Crippen LogP contribution is -2.21. The lowest BCUT2D eigenvalue weighted by atomic mass is 10.1.